The van der Waals surface area contributed by atoms with E-state index in [0.29, 0.717) is 11.6 Å². The third-order valence-corrected chi connectivity index (χ3v) is 4.05. The number of benzene rings is 1. The van der Waals surface area contributed by atoms with Crippen molar-refractivity contribution in [2.24, 2.45) is 11.7 Å². The van der Waals surface area contributed by atoms with Crippen LogP contribution in [0.5, 0.6) is 5.75 Å². The summed E-state index contributed by atoms with van der Waals surface area (Å²) in [6.45, 7) is 3.80. The second-order valence-corrected chi connectivity index (χ2v) is 6.35. The summed E-state index contributed by atoms with van der Waals surface area (Å²) in [5.74, 6) is 0.640. The fraction of sp³-hybridized carbons (Fsp3) is 0.400. The number of hydrogen-bond acceptors (Lipinski definition) is 6. The maximum Gasteiger partial charge on any atom is 0.243 e. The summed E-state index contributed by atoms with van der Waals surface area (Å²) in [6, 6.07) is 7.22. The van der Waals surface area contributed by atoms with Crippen molar-refractivity contribution in [3.05, 3.63) is 34.8 Å². The highest BCUT2D eigenvalue weighted by molar-refractivity contribution is 7.15. The molecule has 1 aromatic heterocycles. The lowest BCUT2D eigenvalue weighted by Gasteiger charge is -2.13. The van der Waals surface area contributed by atoms with E-state index in [2.05, 4.69) is 15.5 Å². The largest absolute Gasteiger partial charge is 0.497 e. The summed E-state index contributed by atoms with van der Waals surface area (Å²) >= 11 is 1.35. The van der Waals surface area contributed by atoms with Gasteiger partial charge < -0.3 is 10.5 Å². The minimum absolute atomic E-state index is 0.0733. The number of rotatable bonds is 6. The summed E-state index contributed by atoms with van der Waals surface area (Å²) in [5.41, 5.74) is 6.88. The van der Waals surface area contributed by atoms with E-state index in [9.17, 15) is 4.79 Å². The van der Waals surface area contributed by atoms with Crippen molar-refractivity contribution < 1.29 is 9.53 Å². The predicted octanol–water partition coefficient (Wildman–Crippen LogP) is 2.06. The van der Waals surface area contributed by atoms with Gasteiger partial charge in [0.25, 0.3) is 0 Å². The maximum atomic E-state index is 11.9. The van der Waals surface area contributed by atoms with Crippen LogP contribution in [0.4, 0.5) is 5.13 Å². The molecule has 118 valence electrons. The smallest absolute Gasteiger partial charge is 0.243 e. The van der Waals surface area contributed by atoms with Crippen molar-refractivity contribution >= 4 is 22.4 Å². The standard InChI is InChI=1S/C15H20N4O2S/c1-9(2)13(16)14(20)17-15-19-18-12(22-15)8-10-5-4-6-11(7-10)21-3/h4-7,9,13H,8,16H2,1-3H3,(H,17,19,20)/t13-/m0/s1. The van der Waals surface area contributed by atoms with E-state index >= 15 is 0 Å². The average Bonchev–Trinajstić information content (AvgIpc) is 2.93. The first-order valence-corrected chi connectivity index (χ1v) is 7.83. The number of ether oxygens (including phenoxy) is 1. The Morgan fingerprint density at radius 3 is 2.86 bits per heavy atom. The van der Waals surface area contributed by atoms with Crippen LogP contribution >= 0.6 is 11.3 Å². The zero-order valence-electron chi connectivity index (χ0n) is 12.9. The topological polar surface area (TPSA) is 90.1 Å². The Bertz CT molecular complexity index is 642. The SMILES string of the molecule is COc1cccc(Cc2nnc(NC(=O)[C@@H](N)C(C)C)s2)c1. The normalized spacial score (nSPS) is 12.2. The minimum atomic E-state index is -0.550. The maximum absolute atomic E-state index is 11.9. The highest BCUT2D eigenvalue weighted by atomic mass is 32.1. The molecule has 2 rings (SSSR count). The Labute approximate surface area is 133 Å². The molecule has 1 heterocycles. The van der Waals surface area contributed by atoms with E-state index in [4.69, 9.17) is 10.5 Å². The van der Waals surface area contributed by atoms with Crippen molar-refractivity contribution in [3.8, 4) is 5.75 Å². The van der Waals surface area contributed by atoms with Crippen molar-refractivity contribution in [2.45, 2.75) is 26.3 Å². The van der Waals surface area contributed by atoms with Crippen LogP contribution in [0.2, 0.25) is 0 Å². The van der Waals surface area contributed by atoms with E-state index in [1.807, 2.05) is 38.1 Å². The number of carbonyl (C=O) groups excluding carboxylic acids is 1. The summed E-state index contributed by atoms with van der Waals surface area (Å²) in [5, 5.41) is 12.1. The van der Waals surface area contributed by atoms with Gasteiger partial charge in [0, 0.05) is 6.42 Å². The first-order valence-electron chi connectivity index (χ1n) is 7.01. The Balaban J connectivity index is 2.00. The third-order valence-electron chi connectivity index (χ3n) is 3.21. The molecule has 7 heteroatoms. The summed E-state index contributed by atoms with van der Waals surface area (Å²) in [6.07, 6.45) is 0.640. The molecule has 0 radical (unpaired) electrons. The Kier molecular flexibility index (Phi) is 5.46. The molecule has 0 aliphatic rings. The number of anilines is 1. The molecule has 0 spiro atoms. The van der Waals surface area contributed by atoms with Crippen LogP contribution in [0, 0.1) is 5.92 Å². The minimum Gasteiger partial charge on any atom is -0.497 e. The molecule has 3 N–H and O–H groups in total. The molecule has 0 fully saturated rings. The molecule has 0 unspecified atom stereocenters. The molecule has 1 atom stereocenters. The van der Waals surface area contributed by atoms with Gasteiger partial charge in [-0.25, -0.2) is 0 Å². The molecule has 0 saturated heterocycles. The molecular weight excluding hydrogens is 300 g/mol. The van der Waals surface area contributed by atoms with Crippen LogP contribution in [0.1, 0.15) is 24.4 Å². The first kappa shape index (κ1) is 16.4. The highest BCUT2D eigenvalue weighted by Crippen LogP contribution is 2.21. The van der Waals surface area contributed by atoms with Gasteiger partial charge >= 0.3 is 0 Å². The van der Waals surface area contributed by atoms with Crippen LogP contribution in [-0.2, 0) is 11.2 Å². The van der Waals surface area contributed by atoms with Gasteiger partial charge in [0.05, 0.1) is 13.2 Å². The van der Waals surface area contributed by atoms with E-state index in [1.54, 1.807) is 7.11 Å². The van der Waals surface area contributed by atoms with Gasteiger partial charge in [-0.05, 0) is 23.6 Å². The van der Waals surface area contributed by atoms with Crippen LogP contribution in [0.3, 0.4) is 0 Å². The van der Waals surface area contributed by atoms with Crippen molar-refractivity contribution in [1.82, 2.24) is 10.2 Å². The van der Waals surface area contributed by atoms with Crippen LogP contribution in [0.25, 0.3) is 0 Å². The zero-order valence-corrected chi connectivity index (χ0v) is 13.7. The van der Waals surface area contributed by atoms with Gasteiger partial charge in [-0.2, -0.15) is 0 Å². The number of hydrogen-bond donors (Lipinski definition) is 2. The van der Waals surface area contributed by atoms with Crippen molar-refractivity contribution in [2.75, 3.05) is 12.4 Å². The van der Waals surface area contributed by atoms with E-state index in [0.717, 1.165) is 16.3 Å². The van der Waals surface area contributed by atoms with Gasteiger partial charge in [-0.15, -0.1) is 10.2 Å². The second kappa shape index (κ2) is 7.33. The number of amides is 1. The molecule has 0 saturated carbocycles. The van der Waals surface area contributed by atoms with Crippen LogP contribution < -0.4 is 15.8 Å². The van der Waals surface area contributed by atoms with Gasteiger partial charge in [-0.1, -0.05) is 37.3 Å². The molecule has 0 bridgehead atoms. The Morgan fingerprint density at radius 2 is 2.18 bits per heavy atom. The number of nitrogens with zero attached hydrogens (tertiary/aromatic N) is 2. The monoisotopic (exact) mass is 320 g/mol. The summed E-state index contributed by atoms with van der Waals surface area (Å²) < 4.78 is 5.20. The second-order valence-electron chi connectivity index (χ2n) is 5.29. The molecule has 2 aromatic rings. The summed E-state index contributed by atoms with van der Waals surface area (Å²) in [7, 11) is 1.63. The Morgan fingerprint density at radius 1 is 1.41 bits per heavy atom. The zero-order chi connectivity index (χ0) is 16.1. The molecule has 22 heavy (non-hydrogen) atoms. The van der Waals surface area contributed by atoms with Crippen LogP contribution in [0.15, 0.2) is 24.3 Å². The summed E-state index contributed by atoms with van der Waals surface area (Å²) in [4.78, 5) is 11.9. The molecule has 1 amide bonds. The van der Waals surface area contributed by atoms with Crippen molar-refractivity contribution in [1.29, 1.82) is 0 Å². The third kappa shape index (κ3) is 4.25. The first-order chi connectivity index (χ1) is 10.5. The quantitative estimate of drug-likeness (QED) is 0.850. The number of carbonyl (C=O) groups is 1. The molecule has 1 aromatic carbocycles. The number of methoxy groups -OCH3 is 1. The molecule has 6 nitrogen and oxygen atoms in total. The van der Waals surface area contributed by atoms with E-state index < -0.39 is 6.04 Å². The van der Waals surface area contributed by atoms with Gasteiger partial charge in [0.2, 0.25) is 11.0 Å². The lowest BCUT2D eigenvalue weighted by atomic mass is 10.1. The van der Waals surface area contributed by atoms with Crippen LogP contribution in [-0.4, -0.2) is 29.3 Å². The number of nitrogens with one attached hydrogen (secondary N) is 1. The molecule has 0 aliphatic heterocycles. The van der Waals surface area contributed by atoms with E-state index in [1.165, 1.54) is 11.3 Å². The fourth-order valence-electron chi connectivity index (χ4n) is 1.82. The lowest BCUT2D eigenvalue weighted by molar-refractivity contribution is -0.118. The van der Waals surface area contributed by atoms with Gasteiger partial charge in [-0.3, -0.25) is 10.1 Å². The lowest BCUT2D eigenvalue weighted by Crippen LogP contribution is -2.39. The molecular formula is C15H20N4O2S. The Hall–Kier alpha value is -1.99. The average molecular weight is 320 g/mol. The van der Waals surface area contributed by atoms with Gasteiger partial charge in [0.1, 0.15) is 10.8 Å². The van der Waals surface area contributed by atoms with E-state index in [-0.39, 0.29) is 11.8 Å². The van der Waals surface area contributed by atoms with Gasteiger partial charge in [0.15, 0.2) is 0 Å². The number of nitrogens with two attached hydrogens (primary N) is 1. The molecule has 0 aliphatic carbocycles. The highest BCUT2D eigenvalue weighted by Gasteiger charge is 2.18. The van der Waals surface area contributed by atoms with Crippen molar-refractivity contribution in [3.63, 3.8) is 0 Å². The fourth-order valence-corrected chi connectivity index (χ4v) is 2.60. The number of aromatic nitrogens is 2. The predicted molar refractivity (Wildman–Crippen MR) is 87.2 cm³/mol.